The molecule has 0 aromatic carbocycles. The molecule has 0 bridgehead atoms. The first-order valence-corrected chi connectivity index (χ1v) is 5.43. The largest absolute Gasteiger partial charge is 0.292 e. The topological polar surface area (TPSA) is 29.0 Å². The number of hydrogen-bond donors (Lipinski definition) is 0. The van der Waals surface area contributed by atoms with Crippen LogP contribution in [0.15, 0.2) is 18.6 Å². The molecule has 0 saturated carbocycles. The molecule has 2 rings (SSSR count). The zero-order valence-corrected chi connectivity index (χ0v) is 9.24. The van der Waals surface area contributed by atoms with Crippen molar-refractivity contribution in [3.63, 3.8) is 0 Å². The Balaban J connectivity index is 1.97. The quantitative estimate of drug-likeness (QED) is 0.773. The molecule has 1 atom stereocenters. The maximum absolute atomic E-state index is 13.5. The monoisotopic (exact) mass is 227 g/mol. The van der Waals surface area contributed by atoms with Crippen LogP contribution in [0.25, 0.3) is 0 Å². The van der Waals surface area contributed by atoms with E-state index in [9.17, 15) is 8.78 Å². The molecule has 0 radical (unpaired) electrons. The minimum atomic E-state index is -2.58. The highest BCUT2D eigenvalue weighted by atomic mass is 19.3. The summed E-state index contributed by atoms with van der Waals surface area (Å²) < 4.78 is 26.9. The van der Waals surface area contributed by atoms with Crippen LogP contribution >= 0.6 is 0 Å². The molecule has 1 aliphatic heterocycles. The van der Waals surface area contributed by atoms with E-state index in [0.29, 0.717) is 19.5 Å². The van der Waals surface area contributed by atoms with E-state index in [0.717, 1.165) is 5.69 Å². The Hall–Kier alpha value is -1.10. The Morgan fingerprint density at radius 3 is 2.94 bits per heavy atom. The van der Waals surface area contributed by atoms with E-state index in [1.165, 1.54) is 0 Å². The van der Waals surface area contributed by atoms with E-state index >= 15 is 0 Å². The maximum atomic E-state index is 13.5. The van der Waals surface area contributed by atoms with E-state index in [1.54, 1.807) is 30.4 Å². The lowest BCUT2D eigenvalue weighted by Gasteiger charge is -2.36. The highest BCUT2D eigenvalue weighted by Crippen LogP contribution is 2.32. The SMILES string of the molecule is CC1CCN(Cc2cnccn2)CC1(F)F. The first-order valence-electron chi connectivity index (χ1n) is 5.43. The number of rotatable bonds is 2. The molecule has 1 aromatic rings. The Bertz CT molecular complexity index is 342. The number of halogens is 2. The van der Waals surface area contributed by atoms with Crippen molar-refractivity contribution in [1.82, 2.24) is 14.9 Å². The van der Waals surface area contributed by atoms with Crippen LogP contribution in [0.4, 0.5) is 8.78 Å². The Kier molecular flexibility index (Phi) is 3.14. The minimum Gasteiger partial charge on any atom is -0.292 e. The fraction of sp³-hybridized carbons (Fsp3) is 0.636. The van der Waals surface area contributed by atoms with Crippen molar-refractivity contribution in [1.29, 1.82) is 0 Å². The summed E-state index contributed by atoms with van der Waals surface area (Å²) in [5.74, 6) is -3.11. The molecule has 1 saturated heterocycles. The average Bonchev–Trinajstić information content (AvgIpc) is 2.25. The molecule has 0 N–H and O–H groups in total. The Morgan fingerprint density at radius 2 is 2.31 bits per heavy atom. The van der Waals surface area contributed by atoms with Gasteiger partial charge in [-0.05, 0) is 13.0 Å². The van der Waals surface area contributed by atoms with Gasteiger partial charge in [-0.15, -0.1) is 0 Å². The third kappa shape index (κ3) is 2.52. The van der Waals surface area contributed by atoms with Gasteiger partial charge in [0, 0.05) is 31.1 Å². The predicted octanol–water partition coefficient (Wildman–Crippen LogP) is 1.95. The summed E-state index contributed by atoms with van der Waals surface area (Å²) in [5, 5.41) is 0. The lowest BCUT2D eigenvalue weighted by Crippen LogP contribution is -2.47. The molecule has 0 aliphatic carbocycles. The molecule has 1 unspecified atom stereocenters. The molecule has 16 heavy (non-hydrogen) atoms. The van der Waals surface area contributed by atoms with Crippen molar-refractivity contribution in [2.24, 2.45) is 5.92 Å². The highest BCUT2D eigenvalue weighted by molar-refractivity contribution is 4.96. The van der Waals surface area contributed by atoms with Crippen LogP contribution in [0.5, 0.6) is 0 Å². The fourth-order valence-corrected chi connectivity index (χ4v) is 1.90. The third-order valence-corrected chi connectivity index (χ3v) is 3.04. The van der Waals surface area contributed by atoms with Crippen molar-refractivity contribution in [2.45, 2.75) is 25.8 Å². The predicted molar refractivity (Wildman–Crippen MR) is 56.0 cm³/mol. The zero-order chi connectivity index (χ0) is 11.6. The van der Waals surface area contributed by atoms with Gasteiger partial charge in [-0.1, -0.05) is 6.92 Å². The summed E-state index contributed by atoms with van der Waals surface area (Å²) >= 11 is 0. The number of likely N-dealkylation sites (tertiary alicyclic amines) is 1. The van der Waals surface area contributed by atoms with Gasteiger partial charge in [0.2, 0.25) is 0 Å². The smallest absolute Gasteiger partial charge is 0.263 e. The van der Waals surface area contributed by atoms with Crippen LogP contribution in [0.1, 0.15) is 19.0 Å². The molecule has 88 valence electrons. The lowest BCUT2D eigenvalue weighted by molar-refractivity contribution is -0.106. The molecule has 0 spiro atoms. The van der Waals surface area contributed by atoms with Crippen LogP contribution in [0.3, 0.4) is 0 Å². The molecular formula is C11H15F2N3. The Labute approximate surface area is 93.5 Å². The second-order valence-corrected chi connectivity index (χ2v) is 4.36. The number of nitrogens with zero attached hydrogens (tertiary/aromatic N) is 3. The van der Waals surface area contributed by atoms with Gasteiger partial charge in [-0.2, -0.15) is 0 Å². The van der Waals surface area contributed by atoms with Crippen LogP contribution in [-0.4, -0.2) is 33.9 Å². The van der Waals surface area contributed by atoms with Gasteiger partial charge in [0.1, 0.15) is 0 Å². The number of aromatic nitrogens is 2. The normalized spacial score (nSPS) is 25.6. The minimum absolute atomic E-state index is 0.176. The van der Waals surface area contributed by atoms with E-state index in [2.05, 4.69) is 9.97 Å². The first-order chi connectivity index (χ1) is 7.58. The summed E-state index contributed by atoms with van der Waals surface area (Å²) in [6.07, 6.45) is 5.32. The Morgan fingerprint density at radius 1 is 1.50 bits per heavy atom. The second-order valence-electron chi connectivity index (χ2n) is 4.36. The van der Waals surface area contributed by atoms with Gasteiger partial charge in [-0.25, -0.2) is 8.78 Å². The van der Waals surface area contributed by atoms with E-state index in [4.69, 9.17) is 0 Å². The van der Waals surface area contributed by atoms with Crippen LogP contribution in [0.2, 0.25) is 0 Å². The van der Waals surface area contributed by atoms with Gasteiger partial charge in [0.25, 0.3) is 5.92 Å². The summed E-state index contributed by atoms with van der Waals surface area (Å²) in [7, 11) is 0. The van der Waals surface area contributed by atoms with Crippen LogP contribution in [-0.2, 0) is 6.54 Å². The zero-order valence-electron chi connectivity index (χ0n) is 9.24. The third-order valence-electron chi connectivity index (χ3n) is 3.04. The van der Waals surface area contributed by atoms with Gasteiger partial charge in [-0.3, -0.25) is 14.9 Å². The maximum Gasteiger partial charge on any atom is 0.263 e. The van der Waals surface area contributed by atoms with Crippen molar-refractivity contribution in [3.8, 4) is 0 Å². The second kappa shape index (κ2) is 4.41. The van der Waals surface area contributed by atoms with Gasteiger partial charge >= 0.3 is 0 Å². The molecule has 3 nitrogen and oxygen atoms in total. The molecule has 1 aliphatic rings. The van der Waals surface area contributed by atoms with E-state index in [1.807, 2.05) is 0 Å². The average molecular weight is 227 g/mol. The summed E-state index contributed by atoms with van der Waals surface area (Å²) in [6.45, 7) is 2.59. The van der Waals surface area contributed by atoms with Crippen molar-refractivity contribution in [2.75, 3.05) is 13.1 Å². The van der Waals surface area contributed by atoms with E-state index < -0.39 is 11.8 Å². The van der Waals surface area contributed by atoms with Crippen molar-refractivity contribution >= 4 is 0 Å². The van der Waals surface area contributed by atoms with Gasteiger partial charge in [0.15, 0.2) is 0 Å². The van der Waals surface area contributed by atoms with Gasteiger partial charge in [0.05, 0.1) is 12.2 Å². The molecule has 2 heterocycles. The molecule has 1 aromatic heterocycles. The molecular weight excluding hydrogens is 212 g/mol. The van der Waals surface area contributed by atoms with Crippen molar-refractivity contribution < 1.29 is 8.78 Å². The fourth-order valence-electron chi connectivity index (χ4n) is 1.90. The van der Waals surface area contributed by atoms with Crippen LogP contribution < -0.4 is 0 Å². The summed E-state index contributed by atoms with van der Waals surface area (Å²) in [4.78, 5) is 9.76. The van der Waals surface area contributed by atoms with Gasteiger partial charge < -0.3 is 0 Å². The van der Waals surface area contributed by atoms with Crippen molar-refractivity contribution in [3.05, 3.63) is 24.3 Å². The van der Waals surface area contributed by atoms with Crippen LogP contribution in [0, 0.1) is 5.92 Å². The molecule has 5 heteroatoms. The lowest BCUT2D eigenvalue weighted by atomic mass is 9.95. The summed E-state index contributed by atoms with van der Waals surface area (Å²) in [5.41, 5.74) is 0.743. The molecule has 1 fully saturated rings. The number of piperidine rings is 1. The van der Waals surface area contributed by atoms with E-state index in [-0.39, 0.29) is 6.54 Å². The molecule has 0 amide bonds. The summed E-state index contributed by atoms with van der Waals surface area (Å²) in [6, 6.07) is 0. The highest BCUT2D eigenvalue weighted by Gasteiger charge is 2.41. The number of alkyl halides is 2. The standard InChI is InChI=1S/C11H15F2N3/c1-9-2-5-16(8-11(9,12)13)7-10-6-14-3-4-15-10/h3-4,6,9H,2,5,7-8H2,1H3. The number of hydrogen-bond acceptors (Lipinski definition) is 3. The first kappa shape index (κ1) is 11.4.